The molecular formula is C17H18O5. The van der Waals surface area contributed by atoms with Gasteiger partial charge in [-0.1, -0.05) is 0 Å². The van der Waals surface area contributed by atoms with Crippen LogP contribution in [0.15, 0.2) is 12.2 Å². The molecule has 1 aromatic carbocycles. The number of aromatic hydroxyl groups is 1. The van der Waals surface area contributed by atoms with Crippen LogP contribution in [-0.2, 0) is 0 Å². The molecule has 116 valence electrons. The molecule has 2 N–H and O–H groups in total. The van der Waals surface area contributed by atoms with Crippen molar-refractivity contribution < 1.29 is 24.5 Å². The Bertz CT molecular complexity index is 738. The van der Waals surface area contributed by atoms with E-state index in [1.807, 2.05) is 33.8 Å². The highest BCUT2D eigenvalue weighted by Gasteiger charge is 2.36. The van der Waals surface area contributed by atoms with Gasteiger partial charge in [-0.15, -0.1) is 0 Å². The molecule has 0 unspecified atom stereocenters. The quantitative estimate of drug-likeness (QED) is 0.831. The number of aromatic carboxylic acids is 1. The average molecular weight is 302 g/mol. The molecule has 3 rings (SSSR count). The summed E-state index contributed by atoms with van der Waals surface area (Å²) in [6, 6.07) is 0. The summed E-state index contributed by atoms with van der Waals surface area (Å²) in [5, 5.41) is 19.9. The average Bonchev–Trinajstić information content (AvgIpc) is 2.35. The topological polar surface area (TPSA) is 76.0 Å². The predicted octanol–water partition coefficient (Wildman–Crippen LogP) is 3.46. The van der Waals surface area contributed by atoms with E-state index >= 15 is 0 Å². The van der Waals surface area contributed by atoms with Gasteiger partial charge in [-0.3, -0.25) is 0 Å². The fourth-order valence-electron chi connectivity index (χ4n) is 2.62. The van der Waals surface area contributed by atoms with E-state index in [0.717, 1.165) is 0 Å². The Hall–Kier alpha value is -2.43. The number of hydrogen-bond donors (Lipinski definition) is 2. The van der Waals surface area contributed by atoms with Crippen molar-refractivity contribution in [2.24, 2.45) is 0 Å². The molecule has 0 saturated heterocycles. The Kier molecular flexibility index (Phi) is 2.83. The molecule has 0 amide bonds. The zero-order valence-electron chi connectivity index (χ0n) is 12.9. The molecular weight excluding hydrogens is 284 g/mol. The maximum absolute atomic E-state index is 11.6. The second-order valence-corrected chi connectivity index (χ2v) is 6.59. The van der Waals surface area contributed by atoms with Gasteiger partial charge in [0.05, 0.1) is 11.1 Å². The van der Waals surface area contributed by atoms with E-state index in [-0.39, 0.29) is 17.1 Å². The Morgan fingerprint density at radius 2 is 1.45 bits per heavy atom. The highest BCUT2D eigenvalue weighted by molar-refractivity contribution is 5.99. The van der Waals surface area contributed by atoms with Gasteiger partial charge in [0.1, 0.15) is 34.0 Å². The molecule has 0 spiro atoms. The van der Waals surface area contributed by atoms with E-state index in [4.69, 9.17) is 9.47 Å². The molecule has 5 heteroatoms. The smallest absolute Gasteiger partial charge is 0.343 e. The van der Waals surface area contributed by atoms with Crippen LogP contribution in [0.25, 0.3) is 12.2 Å². The summed E-state index contributed by atoms with van der Waals surface area (Å²) in [4.78, 5) is 11.6. The number of carboxylic acids is 1. The zero-order chi connectivity index (χ0) is 16.3. The summed E-state index contributed by atoms with van der Waals surface area (Å²) in [6.45, 7) is 7.41. The lowest BCUT2D eigenvalue weighted by atomic mass is 9.92. The van der Waals surface area contributed by atoms with Gasteiger partial charge in [0.2, 0.25) is 0 Å². The summed E-state index contributed by atoms with van der Waals surface area (Å²) in [7, 11) is 0. The van der Waals surface area contributed by atoms with Gasteiger partial charge < -0.3 is 19.7 Å². The molecule has 0 saturated carbocycles. The van der Waals surface area contributed by atoms with Crippen LogP contribution >= 0.6 is 0 Å². The minimum atomic E-state index is -1.24. The standard InChI is InChI=1S/C17H18O5/c1-16(2)7-5-9-12(18)11(15(19)20)14-10(13(9)21-16)6-8-17(3,4)22-14/h5-8,18H,1-4H3,(H,19,20). The van der Waals surface area contributed by atoms with Gasteiger partial charge in [-0.05, 0) is 52.0 Å². The van der Waals surface area contributed by atoms with E-state index in [1.165, 1.54) is 0 Å². The van der Waals surface area contributed by atoms with Crippen molar-refractivity contribution in [2.45, 2.75) is 38.9 Å². The normalized spacial score (nSPS) is 19.6. The molecule has 2 aliphatic heterocycles. The second-order valence-electron chi connectivity index (χ2n) is 6.59. The first kappa shape index (κ1) is 14.5. The van der Waals surface area contributed by atoms with Crippen LogP contribution in [0.4, 0.5) is 0 Å². The van der Waals surface area contributed by atoms with Crippen LogP contribution in [0.3, 0.4) is 0 Å². The van der Waals surface area contributed by atoms with Crippen LogP contribution in [0.1, 0.15) is 49.2 Å². The van der Waals surface area contributed by atoms with Crippen molar-refractivity contribution in [3.05, 3.63) is 28.8 Å². The molecule has 5 nitrogen and oxygen atoms in total. The molecule has 0 fully saturated rings. The number of rotatable bonds is 1. The van der Waals surface area contributed by atoms with Crippen LogP contribution in [0, 0.1) is 0 Å². The summed E-state index contributed by atoms with van der Waals surface area (Å²) in [5.41, 5.74) is -0.527. The molecule has 0 aliphatic carbocycles. The van der Waals surface area contributed by atoms with Crippen LogP contribution in [0.2, 0.25) is 0 Å². The third kappa shape index (κ3) is 2.13. The van der Waals surface area contributed by atoms with Crippen LogP contribution in [-0.4, -0.2) is 27.4 Å². The maximum atomic E-state index is 11.6. The maximum Gasteiger partial charge on any atom is 0.343 e. The monoisotopic (exact) mass is 302 g/mol. The number of fused-ring (bicyclic) bond motifs is 3. The van der Waals surface area contributed by atoms with Crippen LogP contribution in [0.5, 0.6) is 17.2 Å². The van der Waals surface area contributed by atoms with E-state index in [0.29, 0.717) is 16.9 Å². The van der Waals surface area contributed by atoms with Gasteiger partial charge in [0, 0.05) is 0 Å². The lowest BCUT2D eigenvalue weighted by Crippen LogP contribution is -2.31. The molecule has 0 aromatic heterocycles. The molecule has 0 atom stereocenters. The Balaban J connectivity index is 2.35. The van der Waals surface area contributed by atoms with Gasteiger partial charge >= 0.3 is 5.97 Å². The number of ether oxygens (including phenoxy) is 2. The number of hydrogen-bond acceptors (Lipinski definition) is 4. The predicted molar refractivity (Wildman–Crippen MR) is 82.5 cm³/mol. The van der Waals surface area contributed by atoms with E-state index in [2.05, 4.69) is 0 Å². The third-order valence-electron chi connectivity index (χ3n) is 3.70. The van der Waals surface area contributed by atoms with E-state index < -0.39 is 17.2 Å². The number of phenols is 1. The van der Waals surface area contributed by atoms with E-state index in [9.17, 15) is 15.0 Å². The SMILES string of the molecule is CC1(C)C=Cc2c(O)c(C(=O)O)c3c(c2O1)C=CC(C)(C)O3. The van der Waals surface area contributed by atoms with Crippen molar-refractivity contribution in [1.82, 2.24) is 0 Å². The summed E-state index contributed by atoms with van der Waals surface area (Å²) >= 11 is 0. The van der Waals surface area contributed by atoms with E-state index in [1.54, 1.807) is 18.2 Å². The number of carboxylic acid groups (broad SMARTS) is 1. The number of carbonyl (C=O) groups is 1. The first-order valence-electron chi connectivity index (χ1n) is 7.04. The summed E-state index contributed by atoms with van der Waals surface area (Å²) in [5.74, 6) is -0.987. The lowest BCUT2D eigenvalue weighted by Gasteiger charge is -2.34. The largest absolute Gasteiger partial charge is 0.506 e. The van der Waals surface area contributed by atoms with Gasteiger partial charge in [0.25, 0.3) is 0 Å². The van der Waals surface area contributed by atoms with Crippen molar-refractivity contribution in [3.8, 4) is 17.2 Å². The number of benzene rings is 1. The lowest BCUT2D eigenvalue weighted by molar-refractivity contribution is 0.0680. The first-order chi connectivity index (χ1) is 10.1. The van der Waals surface area contributed by atoms with Gasteiger partial charge in [-0.25, -0.2) is 4.79 Å². The Morgan fingerprint density at radius 1 is 0.955 bits per heavy atom. The molecule has 2 aliphatic rings. The molecule has 1 aromatic rings. The molecule has 2 heterocycles. The van der Waals surface area contributed by atoms with Gasteiger partial charge in [-0.2, -0.15) is 0 Å². The first-order valence-corrected chi connectivity index (χ1v) is 7.04. The molecule has 22 heavy (non-hydrogen) atoms. The Morgan fingerprint density at radius 3 is 2.00 bits per heavy atom. The van der Waals surface area contributed by atoms with Crippen molar-refractivity contribution in [2.75, 3.05) is 0 Å². The van der Waals surface area contributed by atoms with Crippen LogP contribution < -0.4 is 9.47 Å². The zero-order valence-corrected chi connectivity index (χ0v) is 12.9. The van der Waals surface area contributed by atoms with Gasteiger partial charge in [0.15, 0.2) is 0 Å². The third-order valence-corrected chi connectivity index (χ3v) is 3.70. The summed E-state index contributed by atoms with van der Waals surface area (Å²) in [6.07, 6.45) is 7.10. The minimum absolute atomic E-state index is 0.141. The van der Waals surface area contributed by atoms with Crippen molar-refractivity contribution >= 4 is 18.1 Å². The highest BCUT2D eigenvalue weighted by Crippen LogP contribution is 2.50. The van der Waals surface area contributed by atoms with Crippen molar-refractivity contribution in [3.63, 3.8) is 0 Å². The highest BCUT2D eigenvalue weighted by atomic mass is 16.5. The van der Waals surface area contributed by atoms with Crippen molar-refractivity contribution in [1.29, 1.82) is 0 Å². The fourth-order valence-corrected chi connectivity index (χ4v) is 2.62. The molecule has 0 bridgehead atoms. The Labute approximate surface area is 128 Å². The second kappa shape index (κ2) is 4.29. The summed E-state index contributed by atoms with van der Waals surface area (Å²) < 4.78 is 11.7. The molecule has 0 radical (unpaired) electrons. The fraction of sp³-hybridized carbons (Fsp3) is 0.353. The minimum Gasteiger partial charge on any atom is -0.506 e.